The van der Waals surface area contributed by atoms with Gasteiger partial charge in [-0.3, -0.25) is 9.59 Å². The molecule has 0 spiro atoms. The molecule has 0 aromatic heterocycles. The molecule has 220 valence electrons. The summed E-state index contributed by atoms with van der Waals surface area (Å²) in [6.07, 6.45) is 8.38. The van der Waals surface area contributed by atoms with Gasteiger partial charge in [0.05, 0.1) is 12.2 Å². The monoisotopic (exact) mass is 563 g/mol. The van der Waals surface area contributed by atoms with Crippen molar-refractivity contribution in [2.45, 2.75) is 83.9 Å². The molecule has 9 atom stereocenters. The Hall–Kier alpha value is -2.81. The lowest BCUT2D eigenvalue weighted by atomic mass is 9.46. The lowest BCUT2D eigenvalue weighted by molar-refractivity contribution is -0.198. The van der Waals surface area contributed by atoms with Gasteiger partial charge in [0.2, 0.25) is 5.78 Å². The number of aliphatic hydroxyl groups excluding tert-OH is 1. The Morgan fingerprint density at radius 3 is 2.73 bits per heavy atom. The second-order valence-electron chi connectivity index (χ2n) is 12.9. The molecular weight excluding hydrogens is 522 g/mol. The third-order valence-electron chi connectivity index (χ3n) is 10.7. The number of fused-ring (bicyclic) bond motifs is 7. The highest BCUT2D eigenvalue weighted by atomic mass is 16.7. The topological polar surface area (TPSA) is 104 Å². The first kappa shape index (κ1) is 28.3. The summed E-state index contributed by atoms with van der Waals surface area (Å²) in [5, 5.41) is 16.3. The second-order valence-corrected chi connectivity index (χ2v) is 12.9. The Morgan fingerprint density at radius 2 is 1.98 bits per heavy atom. The number of ketones is 1. The van der Waals surface area contributed by atoms with E-state index in [0.29, 0.717) is 19.4 Å². The second kappa shape index (κ2) is 10.5. The van der Waals surface area contributed by atoms with Gasteiger partial charge in [-0.25, -0.2) is 0 Å². The largest absolute Gasteiger partial charge is 0.458 e. The maximum atomic E-state index is 13.7. The Labute approximate surface area is 241 Å². The molecule has 41 heavy (non-hydrogen) atoms. The maximum Gasteiger partial charge on any atom is 0.303 e. The molecule has 0 amide bonds. The fourth-order valence-corrected chi connectivity index (χ4v) is 9.01. The SMILES string of the molecule is CC(=O)OCC(=O)[C@@]12OC(C)O[C@@H]1C[C@H]1[C@@H]3CCC4=C/C(=N/OCCc5ccccc5)C=C[C@]4(C)[C@H]3[C@@H](O)C[C@@]12C. The quantitative estimate of drug-likeness (QED) is 0.295. The van der Waals surface area contributed by atoms with E-state index in [2.05, 4.69) is 43.3 Å². The lowest BCUT2D eigenvalue weighted by Gasteiger charge is -2.59. The van der Waals surface area contributed by atoms with Gasteiger partial charge < -0.3 is 24.2 Å². The van der Waals surface area contributed by atoms with E-state index < -0.39 is 35.5 Å². The minimum Gasteiger partial charge on any atom is -0.458 e. The van der Waals surface area contributed by atoms with Crippen molar-refractivity contribution in [3.8, 4) is 0 Å². The van der Waals surface area contributed by atoms with Crippen molar-refractivity contribution in [2.75, 3.05) is 13.2 Å². The first-order valence-corrected chi connectivity index (χ1v) is 14.9. The van der Waals surface area contributed by atoms with Gasteiger partial charge in [-0.2, -0.15) is 0 Å². The summed E-state index contributed by atoms with van der Waals surface area (Å²) in [5.74, 6) is -0.476. The number of oxime groups is 1. The van der Waals surface area contributed by atoms with Gasteiger partial charge >= 0.3 is 5.97 Å². The van der Waals surface area contributed by atoms with Crippen LogP contribution in [0.25, 0.3) is 0 Å². The molecule has 1 heterocycles. The number of carbonyl (C=O) groups is 2. The predicted octanol–water partition coefficient (Wildman–Crippen LogP) is 4.55. The minimum absolute atomic E-state index is 0.00533. The van der Waals surface area contributed by atoms with Crippen LogP contribution in [-0.4, -0.2) is 59.9 Å². The third kappa shape index (κ3) is 4.50. The molecule has 1 saturated heterocycles. The number of hydrogen-bond donors (Lipinski definition) is 1. The van der Waals surface area contributed by atoms with Crippen LogP contribution in [0.1, 0.15) is 58.9 Å². The van der Waals surface area contributed by atoms with E-state index in [1.165, 1.54) is 18.1 Å². The molecule has 8 heteroatoms. The van der Waals surface area contributed by atoms with Crippen LogP contribution in [0.15, 0.2) is 59.3 Å². The van der Waals surface area contributed by atoms with Crippen LogP contribution in [0.5, 0.6) is 0 Å². The highest BCUT2D eigenvalue weighted by Crippen LogP contribution is 2.69. The lowest BCUT2D eigenvalue weighted by Crippen LogP contribution is -2.63. The molecule has 3 saturated carbocycles. The minimum atomic E-state index is -1.24. The Morgan fingerprint density at radius 1 is 1.20 bits per heavy atom. The first-order valence-electron chi connectivity index (χ1n) is 14.9. The van der Waals surface area contributed by atoms with Crippen LogP contribution in [0.2, 0.25) is 0 Å². The normalized spacial score (nSPS) is 41.6. The third-order valence-corrected chi connectivity index (χ3v) is 10.7. The number of allylic oxidation sites excluding steroid dienone is 4. The molecule has 4 fully saturated rings. The van der Waals surface area contributed by atoms with Gasteiger partial charge in [0, 0.05) is 30.1 Å². The number of carbonyl (C=O) groups excluding carboxylic acids is 2. The molecule has 6 rings (SSSR count). The van der Waals surface area contributed by atoms with Crippen molar-refractivity contribution in [3.63, 3.8) is 0 Å². The summed E-state index contributed by atoms with van der Waals surface area (Å²) in [4.78, 5) is 30.9. The van der Waals surface area contributed by atoms with Crippen LogP contribution < -0.4 is 0 Å². The summed E-state index contributed by atoms with van der Waals surface area (Å²) in [6.45, 7) is 7.55. The first-order chi connectivity index (χ1) is 19.6. The van der Waals surface area contributed by atoms with E-state index in [0.717, 1.165) is 25.0 Å². The number of benzene rings is 1. The van der Waals surface area contributed by atoms with Crippen LogP contribution in [0.3, 0.4) is 0 Å². The standard InChI is InChI=1S/C33H41NO7/c1-20(35)38-19-28(37)33-29(40-21(2)41-33)17-26-25-11-10-23-16-24(34-39-15-13-22-8-6-5-7-9-22)12-14-31(23,3)30(25)27(36)18-32(26,33)4/h5-9,12,14,16,21,25-27,29-30,36H,10-11,13,15,17-19H2,1-4H3/b34-24+/t21?,25-,26-,27-,29+,30+,31-,32-,33+/m0/s1. The van der Waals surface area contributed by atoms with E-state index in [1.54, 1.807) is 6.92 Å². The smallest absolute Gasteiger partial charge is 0.303 e. The number of hydrogen-bond acceptors (Lipinski definition) is 8. The summed E-state index contributed by atoms with van der Waals surface area (Å²) in [6, 6.07) is 10.2. The zero-order chi connectivity index (χ0) is 29.0. The van der Waals surface area contributed by atoms with Crippen molar-refractivity contribution < 1.29 is 33.7 Å². The molecule has 4 aliphatic carbocycles. The molecule has 5 aliphatic rings. The van der Waals surface area contributed by atoms with E-state index in [9.17, 15) is 14.7 Å². The van der Waals surface area contributed by atoms with Crippen molar-refractivity contribution in [1.82, 2.24) is 0 Å². The van der Waals surface area contributed by atoms with Gasteiger partial charge in [-0.1, -0.05) is 61.0 Å². The van der Waals surface area contributed by atoms with Gasteiger partial charge in [-0.15, -0.1) is 0 Å². The van der Waals surface area contributed by atoms with Crippen molar-refractivity contribution in [2.24, 2.45) is 33.7 Å². The summed E-state index contributed by atoms with van der Waals surface area (Å²) >= 11 is 0. The fraction of sp³-hybridized carbons (Fsp3) is 0.606. The fourth-order valence-electron chi connectivity index (χ4n) is 9.01. The number of rotatable bonds is 7. The summed E-state index contributed by atoms with van der Waals surface area (Å²) in [5.41, 5.74) is 1.05. The summed E-state index contributed by atoms with van der Waals surface area (Å²) in [7, 11) is 0. The Bertz CT molecular complexity index is 1290. The van der Waals surface area contributed by atoms with Gasteiger partial charge in [0.25, 0.3) is 0 Å². The zero-order valence-electron chi connectivity index (χ0n) is 24.4. The van der Waals surface area contributed by atoms with Crippen LogP contribution in [0.4, 0.5) is 0 Å². The van der Waals surface area contributed by atoms with Crippen LogP contribution in [0, 0.1) is 28.6 Å². The number of esters is 1. The van der Waals surface area contributed by atoms with Gasteiger partial charge in [0.1, 0.15) is 12.3 Å². The molecule has 8 nitrogen and oxygen atoms in total. The van der Waals surface area contributed by atoms with E-state index in [-0.39, 0.29) is 35.6 Å². The zero-order valence-corrected chi connectivity index (χ0v) is 24.4. The van der Waals surface area contributed by atoms with Crippen molar-refractivity contribution in [1.29, 1.82) is 0 Å². The number of aliphatic hydroxyl groups is 1. The van der Waals surface area contributed by atoms with Crippen LogP contribution >= 0.6 is 0 Å². The molecule has 1 aromatic rings. The Kier molecular flexibility index (Phi) is 7.23. The predicted molar refractivity (Wildman–Crippen MR) is 152 cm³/mol. The highest BCUT2D eigenvalue weighted by Gasteiger charge is 2.75. The molecule has 0 radical (unpaired) electrons. The molecule has 1 aliphatic heterocycles. The average Bonchev–Trinajstić information content (AvgIpc) is 3.40. The van der Waals surface area contributed by atoms with Gasteiger partial charge in [-0.05, 0) is 62.2 Å². The number of nitrogens with zero attached hydrogens (tertiary/aromatic N) is 1. The molecule has 1 N–H and O–H groups in total. The number of Topliss-reactive ketones (excluding diaryl/α,β-unsaturated/α-hetero) is 1. The molecule has 0 bridgehead atoms. The Balaban J connectivity index is 1.22. The molecule has 1 unspecified atom stereocenters. The summed E-state index contributed by atoms with van der Waals surface area (Å²) < 4.78 is 17.7. The molecule has 1 aromatic carbocycles. The van der Waals surface area contributed by atoms with Crippen molar-refractivity contribution in [3.05, 3.63) is 59.7 Å². The highest BCUT2D eigenvalue weighted by molar-refractivity contribution is 6.05. The van der Waals surface area contributed by atoms with Crippen LogP contribution in [-0.2, 0) is 35.1 Å². The van der Waals surface area contributed by atoms with Crippen molar-refractivity contribution >= 4 is 17.5 Å². The van der Waals surface area contributed by atoms with E-state index >= 15 is 0 Å². The number of ether oxygens (including phenoxy) is 3. The van der Waals surface area contributed by atoms with Gasteiger partial charge in [0.15, 0.2) is 18.5 Å². The maximum absolute atomic E-state index is 13.7. The van der Waals surface area contributed by atoms with E-state index in [4.69, 9.17) is 19.0 Å². The average molecular weight is 564 g/mol. The molecular formula is C33H41NO7. The van der Waals surface area contributed by atoms with E-state index in [1.807, 2.05) is 24.3 Å².